The molecule has 60 valence electrons. The molecule has 0 amide bonds. The average molecular weight is 158 g/mol. The molecule has 0 N–H and O–H groups in total. The van der Waals surface area contributed by atoms with Gasteiger partial charge in [0.05, 0.1) is 6.61 Å². The van der Waals surface area contributed by atoms with Gasteiger partial charge in [0.25, 0.3) is 0 Å². The third kappa shape index (κ3) is 4.58. The predicted molar refractivity (Wildman–Crippen MR) is 41.9 cm³/mol. The van der Waals surface area contributed by atoms with E-state index in [-0.39, 0.29) is 18.9 Å². The molecule has 0 saturated carbocycles. The normalized spacial score (nSPS) is 9.08. The standard InChI is InChI=1S/C9H11O2.Li/c1-10-8-11-7-9-5-3-2-4-6-9;/h2-5H,7-8H2,1H3;/q-1;+1. The fraction of sp³-hybridized carbons (Fsp3) is 0.333. The maximum absolute atomic E-state index is 5.12. The van der Waals surface area contributed by atoms with Gasteiger partial charge in [-0.3, -0.25) is 0 Å². The van der Waals surface area contributed by atoms with E-state index in [4.69, 9.17) is 9.47 Å². The van der Waals surface area contributed by atoms with Crippen molar-refractivity contribution < 1.29 is 28.3 Å². The first-order chi connectivity index (χ1) is 5.43. The quantitative estimate of drug-likeness (QED) is 0.232. The van der Waals surface area contributed by atoms with E-state index < -0.39 is 0 Å². The fourth-order valence-electron chi connectivity index (χ4n) is 0.755. The van der Waals surface area contributed by atoms with Crippen LogP contribution in [0.2, 0.25) is 0 Å². The summed E-state index contributed by atoms with van der Waals surface area (Å²) in [5.74, 6) is 0. The van der Waals surface area contributed by atoms with Crippen LogP contribution in [0.4, 0.5) is 0 Å². The zero-order valence-corrected chi connectivity index (χ0v) is 7.54. The van der Waals surface area contributed by atoms with Gasteiger partial charge >= 0.3 is 18.9 Å². The Morgan fingerprint density at radius 2 is 2.25 bits per heavy atom. The molecule has 0 fully saturated rings. The SMILES string of the molecule is COCOCc1[c-]cccc1.[Li+]. The molecule has 0 heterocycles. The number of benzene rings is 1. The van der Waals surface area contributed by atoms with Crippen LogP contribution in [-0.2, 0) is 16.1 Å². The Bertz CT molecular complexity index is 189. The van der Waals surface area contributed by atoms with E-state index in [0.29, 0.717) is 13.4 Å². The van der Waals surface area contributed by atoms with Crippen molar-refractivity contribution in [2.75, 3.05) is 13.9 Å². The van der Waals surface area contributed by atoms with Gasteiger partial charge < -0.3 is 9.47 Å². The molecule has 1 rings (SSSR count). The molecule has 0 aliphatic carbocycles. The molecule has 0 spiro atoms. The first kappa shape index (κ1) is 11.7. The summed E-state index contributed by atoms with van der Waals surface area (Å²) in [6.07, 6.45) is 0. The second-order valence-corrected chi connectivity index (χ2v) is 2.14. The second-order valence-electron chi connectivity index (χ2n) is 2.14. The molecule has 1 aromatic carbocycles. The third-order valence-corrected chi connectivity index (χ3v) is 1.23. The summed E-state index contributed by atoms with van der Waals surface area (Å²) in [6, 6.07) is 10.8. The smallest absolute Gasteiger partial charge is 0.359 e. The van der Waals surface area contributed by atoms with Crippen molar-refractivity contribution in [2.24, 2.45) is 0 Å². The molecule has 0 aromatic heterocycles. The van der Waals surface area contributed by atoms with E-state index in [1.165, 1.54) is 0 Å². The van der Waals surface area contributed by atoms with Crippen LogP contribution in [0.25, 0.3) is 0 Å². The Morgan fingerprint density at radius 1 is 1.42 bits per heavy atom. The van der Waals surface area contributed by atoms with Crippen molar-refractivity contribution in [2.45, 2.75) is 6.61 Å². The van der Waals surface area contributed by atoms with Crippen LogP contribution in [0.3, 0.4) is 0 Å². The molecule has 3 heteroatoms. The van der Waals surface area contributed by atoms with E-state index in [1.54, 1.807) is 7.11 Å². The summed E-state index contributed by atoms with van der Waals surface area (Å²) < 4.78 is 9.84. The van der Waals surface area contributed by atoms with Gasteiger partial charge in [-0.25, -0.2) is 0 Å². The summed E-state index contributed by atoms with van der Waals surface area (Å²) in [6.45, 7) is 0.900. The first-order valence-corrected chi connectivity index (χ1v) is 3.46. The van der Waals surface area contributed by atoms with Crippen LogP contribution in [-0.4, -0.2) is 13.9 Å². The Labute approximate surface area is 85.1 Å². The zero-order valence-electron chi connectivity index (χ0n) is 7.54. The number of ether oxygens (including phenoxy) is 2. The molecule has 0 aliphatic rings. The molecular formula is C9H11LiO2. The van der Waals surface area contributed by atoms with Crippen molar-refractivity contribution in [3.05, 3.63) is 35.9 Å². The Hall–Kier alpha value is -0.263. The topological polar surface area (TPSA) is 18.5 Å². The molecular weight excluding hydrogens is 147 g/mol. The maximum atomic E-state index is 5.12. The monoisotopic (exact) mass is 158 g/mol. The summed E-state index contributed by atoms with van der Waals surface area (Å²) in [7, 11) is 1.61. The van der Waals surface area contributed by atoms with Crippen LogP contribution < -0.4 is 18.9 Å². The van der Waals surface area contributed by atoms with E-state index >= 15 is 0 Å². The first-order valence-electron chi connectivity index (χ1n) is 3.46. The van der Waals surface area contributed by atoms with Gasteiger partial charge in [0, 0.05) is 7.11 Å². The summed E-state index contributed by atoms with van der Waals surface area (Å²) >= 11 is 0. The van der Waals surface area contributed by atoms with E-state index in [0.717, 1.165) is 5.56 Å². The van der Waals surface area contributed by atoms with Crippen molar-refractivity contribution >= 4 is 0 Å². The molecule has 0 aliphatic heterocycles. The summed E-state index contributed by atoms with van der Waals surface area (Å²) in [4.78, 5) is 0. The van der Waals surface area contributed by atoms with Crippen molar-refractivity contribution in [1.29, 1.82) is 0 Å². The van der Waals surface area contributed by atoms with E-state index in [2.05, 4.69) is 6.07 Å². The fourth-order valence-corrected chi connectivity index (χ4v) is 0.755. The molecule has 1 aromatic rings. The van der Waals surface area contributed by atoms with Gasteiger partial charge in [0.2, 0.25) is 0 Å². The maximum Gasteiger partial charge on any atom is 1.00 e. The largest absolute Gasteiger partial charge is 1.00 e. The van der Waals surface area contributed by atoms with Gasteiger partial charge in [-0.2, -0.15) is 30.3 Å². The zero-order chi connectivity index (χ0) is 7.94. The number of hydrogen-bond acceptors (Lipinski definition) is 2. The second kappa shape index (κ2) is 7.39. The molecule has 0 unspecified atom stereocenters. The molecule has 0 radical (unpaired) electrons. The van der Waals surface area contributed by atoms with Crippen LogP contribution in [0.1, 0.15) is 5.56 Å². The van der Waals surface area contributed by atoms with Crippen molar-refractivity contribution in [3.8, 4) is 0 Å². The number of methoxy groups -OCH3 is 1. The summed E-state index contributed by atoms with van der Waals surface area (Å²) in [5, 5.41) is 0. The molecule has 2 nitrogen and oxygen atoms in total. The number of hydrogen-bond donors (Lipinski definition) is 0. The Kier molecular flexibility index (Phi) is 7.23. The Morgan fingerprint density at radius 3 is 2.83 bits per heavy atom. The van der Waals surface area contributed by atoms with Gasteiger partial charge in [-0.1, -0.05) is 0 Å². The van der Waals surface area contributed by atoms with E-state index in [9.17, 15) is 0 Å². The van der Waals surface area contributed by atoms with Crippen molar-refractivity contribution in [1.82, 2.24) is 0 Å². The third-order valence-electron chi connectivity index (χ3n) is 1.23. The summed E-state index contributed by atoms with van der Waals surface area (Å²) in [5.41, 5.74) is 1.05. The molecule has 0 bridgehead atoms. The number of rotatable bonds is 4. The molecule has 12 heavy (non-hydrogen) atoms. The van der Waals surface area contributed by atoms with Crippen LogP contribution in [0.5, 0.6) is 0 Å². The minimum atomic E-state index is 0. The minimum Gasteiger partial charge on any atom is -0.359 e. The van der Waals surface area contributed by atoms with Crippen molar-refractivity contribution in [3.63, 3.8) is 0 Å². The van der Waals surface area contributed by atoms with Gasteiger partial charge in [0.15, 0.2) is 0 Å². The van der Waals surface area contributed by atoms with Gasteiger partial charge in [-0.05, 0) is 0 Å². The Balaban J connectivity index is 0.00000121. The van der Waals surface area contributed by atoms with Crippen LogP contribution in [0, 0.1) is 6.07 Å². The molecule has 0 atom stereocenters. The predicted octanol–water partition coefficient (Wildman–Crippen LogP) is -1.39. The minimum absolute atomic E-state index is 0. The van der Waals surface area contributed by atoms with Crippen LogP contribution in [0.15, 0.2) is 24.3 Å². The molecule has 0 saturated heterocycles. The van der Waals surface area contributed by atoms with Gasteiger partial charge in [-0.15, -0.1) is 5.56 Å². The average Bonchev–Trinajstić information content (AvgIpc) is 2.07. The van der Waals surface area contributed by atoms with Gasteiger partial charge in [0.1, 0.15) is 6.79 Å². The van der Waals surface area contributed by atoms with Crippen LogP contribution >= 0.6 is 0 Å². The van der Waals surface area contributed by atoms with E-state index in [1.807, 2.05) is 24.3 Å².